The molecule has 0 unspecified atom stereocenters. The molecular weight excluding hydrogens is 363 g/mol. The first-order chi connectivity index (χ1) is 12.0. The standard InChI is InChI=1S/C17H21FN2O3S2/c18-16-3-1-14(2-4-16)13-25(21,22)19-11-17(15-5-10-24-12-15)20-6-8-23-9-7-20/h1-5,10,12,17,19H,6-9,11,13H2/t17-/m1/s1. The second kappa shape index (κ2) is 8.37. The number of morpholine rings is 1. The zero-order valence-corrected chi connectivity index (χ0v) is 15.4. The number of halogens is 1. The molecule has 0 saturated carbocycles. The number of nitrogens with zero attached hydrogens (tertiary/aromatic N) is 1. The Bertz CT molecular complexity index is 758. The van der Waals surface area contributed by atoms with E-state index in [-0.39, 0.29) is 17.6 Å². The maximum atomic E-state index is 13.0. The van der Waals surface area contributed by atoms with Gasteiger partial charge in [-0.2, -0.15) is 11.3 Å². The molecule has 8 heteroatoms. The van der Waals surface area contributed by atoms with Crippen LogP contribution in [0.5, 0.6) is 0 Å². The van der Waals surface area contributed by atoms with Gasteiger partial charge in [0, 0.05) is 25.7 Å². The first kappa shape index (κ1) is 18.5. The van der Waals surface area contributed by atoms with Gasteiger partial charge < -0.3 is 4.74 Å². The molecule has 2 heterocycles. The zero-order valence-electron chi connectivity index (χ0n) is 13.7. The molecule has 5 nitrogen and oxygen atoms in total. The average molecular weight is 384 g/mol. The van der Waals surface area contributed by atoms with Gasteiger partial charge in [0.15, 0.2) is 0 Å². The van der Waals surface area contributed by atoms with E-state index in [2.05, 4.69) is 15.0 Å². The van der Waals surface area contributed by atoms with Gasteiger partial charge >= 0.3 is 0 Å². The van der Waals surface area contributed by atoms with Crippen LogP contribution < -0.4 is 4.72 Å². The Morgan fingerprint density at radius 1 is 1.20 bits per heavy atom. The monoisotopic (exact) mass is 384 g/mol. The molecule has 1 atom stereocenters. The molecule has 1 saturated heterocycles. The van der Waals surface area contributed by atoms with E-state index in [4.69, 9.17) is 4.74 Å². The average Bonchev–Trinajstić information content (AvgIpc) is 3.12. The summed E-state index contributed by atoms with van der Waals surface area (Å²) >= 11 is 1.60. The molecule has 1 aromatic carbocycles. The Labute approximate surface area is 151 Å². The number of rotatable bonds is 7. The number of nitrogens with one attached hydrogen (secondary N) is 1. The van der Waals surface area contributed by atoms with E-state index in [1.54, 1.807) is 11.3 Å². The molecule has 1 N–H and O–H groups in total. The van der Waals surface area contributed by atoms with Crippen molar-refractivity contribution in [3.63, 3.8) is 0 Å². The minimum absolute atomic E-state index is 0.0156. The van der Waals surface area contributed by atoms with Gasteiger partial charge in [0.1, 0.15) is 5.82 Å². The Morgan fingerprint density at radius 3 is 2.56 bits per heavy atom. The fourth-order valence-electron chi connectivity index (χ4n) is 2.87. The van der Waals surface area contributed by atoms with Crippen LogP contribution in [0.4, 0.5) is 4.39 Å². The molecule has 1 aromatic heterocycles. The maximum absolute atomic E-state index is 13.0. The second-order valence-corrected chi connectivity index (χ2v) is 8.54. The highest BCUT2D eigenvalue weighted by atomic mass is 32.2. The smallest absolute Gasteiger partial charge is 0.215 e. The van der Waals surface area contributed by atoms with E-state index in [1.807, 2.05) is 11.4 Å². The fraction of sp³-hybridized carbons (Fsp3) is 0.412. The zero-order chi connectivity index (χ0) is 17.7. The maximum Gasteiger partial charge on any atom is 0.215 e. The Balaban J connectivity index is 1.66. The summed E-state index contributed by atoms with van der Waals surface area (Å²) < 4.78 is 45.9. The Morgan fingerprint density at radius 2 is 1.92 bits per heavy atom. The van der Waals surface area contributed by atoms with Crippen LogP contribution in [0.3, 0.4) is 0 Å². The van der Waals surface area contributed by atoms with Gasteiger partial charge in [-0.15, -0.1) is 0 Å². The number of ether oxygens (including phenoxy) is 1. The van der Waals surface area contributed by atoms with E-state index in [0.717, 1.165) is 18.7 Å². The molecule has 1 aliphatic heterocycles. The predicted octanol–water partition coefficient (Wildman–Crippen LogP) is 2.38. The van der Waals surface area contributed by atoms with Gasteiger partial charge in [0.25, 0.3) is 0 Å². The van der Waals surface area contributed by atoms with E-state index in [1.165, 1.54) is 24.3 Å². The molecule has 2 aromatic rings. The van der Waals surface area contributed by atoms with E-state index >= 15 is 0 Å². The molecule has 136 valence electrons. The summed E-state index contributed by atoms with van der Waals surface area (Å²) in [4.78, 5) is 2.24. The lowest BCUT2D eigenvalue weighted by Crippen LogP contribution is -2.43. The molecule has 25 heavy (non-hydrogen) atoms. The predicted molar refractivity (Wildman–Crippen MR) is 96.5 cm³/mol. The minimum Gasteiger partial charge on any atom is -0.379 e. The number of hydrogen-bond acceptors (Lipinski definition) is 5. The summed E-state index contributed by atoms with van der Waals surface area (Å²) in [5.74, 6) is -0.536. The van der Waals surface area contributed by atoms with Crippen LogP contribution in [0, 0.1) is 5.82 Å². The largest absolute Gasteiger partial charge is 0.379 e. The third kappa shape index (κ3) is 5.32. The minimum atomic E-state index is -3.50. The molecule has 0 aliphatic carbocycles. The normalized spacial score (nSPS) is 17.5. The topological polar surface area (TPSA) is 58.6 Å². The van der Waals surface area contributed by atoms with Crippen LogP contribution in [0.15, 0.2) is 41.1 Å². The third-order valence-electron chi connectivity index (χ3n) is 4.18. The van der Waals surface area contributed by atoms with Crippen LogP contribution in [0.25, 0.3) is 0 Å². The van der Waals surface area contributed by atoms with Crippen molar-refractivity contribution in [2.24, 2.45) is 0 Å². The lowest BCUT2D eigenvalue weighted by atomic mass is 10.1. The van der Waals surface area contributed by atoms with Crippen molar-refractivity contribution in [2.75, 3.05) is 32.8 Å². The fourth-order valence-corrected chi connectivity index (χ4v) is 4.72. The summed E-state index contributed by atoms with van der Waals surface area (Å²) in [5, 5.41) is 4.05. The molecule has 3 rings (SSSR count). The van der Waals surface area contributed by atoms with Gasteiger partial charge in [0.05, 0.1) is 19.0 Å². The molecule has 0 amide bonds. The van der Waals surface area contributed by atoms with Crippen molar-refractivity contribution in [1.29, 1.82) is 0 Å². The molecule has 1 aliphatic rings. The summed E-state index contributed by atoms with van der Waals surface area (Å²) in [6, 6.07) is 7.54. The van der Waals surface area contributed by atoms with Crippen LogP contribution in [-0.2, 0) is 20.5 Å². The third-order valence-corrected chi connectivity index (χ3v) is 6.20. The molecule has 0 radical (unpaired) electrons. The highest BCUT2D eigenvalue weighted by molar-refractivity contribution is 7.88. The summed E-state index contributed by atoms with van der Waals surface area (Å²) in [6.45, 7) is 3.17. The second-order valence-electron chi connectivity index (χ2n) is 5.95. The summed E-state index contributed by atoms with van der Waals surface area (Å²) in [6.07, 6.45) is 0. The number of thiophene rings is 1. The highest BCUT2D eigenvalue weighted by Gasteiger charge is 2.24. The first-order valence-electron chi connectivity index (χ1n) is 8.09. The lowest BCUT2D eigenvalue weighted by molar-refractivity contribution is 0.0173. The van der Waals surface area contributed by atoms with Crippen LogP contribution >= 0.6 is 11.3 Å². The van der Waals surface area contributed by atoms with E-state index < -0.39 is 10.0 Å². The van der Waals surface area contributed by atoms with Crippen LogP contribution in [-0.4, -0.2) is 46.2 Å². The van der Waals surface area contributed by atoms with Crippen molar-refractivity contribution < 1.29 is 17.5 Å². The number of benzene rings is 1. The van der Waals surface area contributed by atoms with E-state index in [9.17, 15) is 12.8 Å². The van der Waals surface area contributed by atoms with Gasteiger partial charge in [-0.25, -0.2) is 17.5 Å². The quantitative estimate of drug-likeness (QED) is 0.796. The van der Waals surface area contributed by atoms with Crippen molar-refractivity contribution >= 4 is 21.4 Å². The van der Waals surface area contributed by atoms with Crippen molar-refractivity contribution in [3.8, 4) is 0 Å². The van der Waals surface area contributed by atoms with Crippen molar-refractivity contribution in [3.05, 3.63) is 58.0 Å². The van der Waals surface area contributed by atoms with E-state index in [0.29, 0.717) is 25.3 Å². The number of hydrogen-bond donors (Lipinski definition) is 1. The van der Waals surface area contributed by atoms with Crippen molar-refractivity contribution in [2.45, 2.75) is 11.8 Å². The van der Waals surface area contributed by atoms with Crippen LogP contribution in [0.2, 0.25) is 0 Å². The number of sulfonamides is 1. The van der Waals surface area contributed by atoms with Gasteiger partial charge in [-0.3, -0.25) is 4.90 Å². The molecule has 0 bridgehead atoms. The van der Waals surface area contributed by atoms with Crippen LogP contribution in [0.1, 0.15) is 17.2 Å². The first-order valence-corrected chi connectivity index (χ1v) is 10.7. The van der Waals surface area contributed by atoms with Gasteiger partial charge in [-0.05, 0) is 40.1 Å². The summed E-state index contributed by atoms with van der Waals surface area (Å²) in [5.41, 5.74) is 1.67. The van der Waals surface area contributed by atoms with Gasteiger partial charge in [0.2, 0.25) is 10.0 Å². The Hall–Kier alpha value is -1.32. The molecule has 1 fully saturated rings. The molecular formula is C17H21FN2O3S2. The lowest BCUT2D eigenvalue weighted by Gasteiger charge is -2.34. The SMILES string of the molecule is O=S(=O)(Cc1ccc(F)cc1)NC[C@H](c1ccsc1)N1CCOCC1. The van der Waals surface area contributed by atoms with Crippen molar-refractivity contribution in [1.82, 2.24) is 9.62 Å². The Kier molecular flexibility index (Phi) is 6.19. The van der Waals surface area contributed by atoms with Gasteiger partial charge in [-0.1, -0.05) is 12.1 Å². The molecule has 0 spiro atoms. The summed E-state index contributed by atoms with van der Waals surface area (Å²) in [7, 11) is -3.50. The highest BCUT2D eigenvalue weighted by Crippen LogP contribution is 2.23.